The third-order valence-corrected chi connectivity index (χ3v) is 2.70. The zero-order valence-corrected chi connectivity index (χ0v) is 10.4. The molecule has 0 fully saturated rings. The van der Waals surface area contributed by atoms with Gasteiger partial charge in [-0.3, -0.25) is 0 Å². The molecule has 1 aromatic carbocycles. The summed E-state index contributed by atoms with van der Waals surface area (Å²) in [6.07, 6.45) is 1.62. The van der Waals surface area contributed by atoms with Crippen LogP contribution in [0.15, 0.2) is 41.0 Å². The molecule has 0 aliphatic carbocycles. The van der Waals surface area contributed by atoms with E-state index in [1.165, 1.54) is 0 Å². The Morgan fingerprint density at radius 3 is 2.82 bits per heavy atom. The Morgan fingerprint density at radius 2 is 2.12 bits per heavy atom. The Bertz CT molecular complexity index is 589. The van der Waals surface area contributed by atoms with Gasteiger partial charge in [0.2, 0.25) is 0 Å². The zero-order chi connectivity index (χ0) is 12.3. The van der Waals surface area contributed by atoms with Crippen LogP contribution < -0.4 is 11.1 Å². The molecule has 0 atom stereocenters. The zero-order valence-electron chi connectivity index (χ0n) is 8.81. The molecule has 1 aromatic heterocycles. The molecule has 0 saturated heterocycles. The van der Waals surface area contributed by atoms with Gasteiger partial charge in [-0.1, -0.05) is 15.9 Å². The van der Waals surface area contributed by atoms with Crippen LogP contribution in [0.5, 0.6) is 0 Å². The van der Waals surface area contributed by atoms with Crippen molar-refractivity contribution in [3.05, 3.63) is 46.6 Å². The molecule has 0 aliphatic rings. The van der Waals surface area contributed by atoms with Gasteiger partial charge in [-0.15, -0.1) is 0 Å². The van der Waals surface area contributed by atoms with Gasteiger partial charge in [0.25, 0.3) is 0 Å². The number of nitrogens with zero attached hydrogens (tertiary/aromatic N) is 2. The van der Waals surface area contributed by atoms with Crippen LogP contribution in [0.25, 0.3) is 0 Å². The van der Waals surface area contributed by atoms with Crippen LogP contribution in [0.3, 0.4) is 0 Å². The summed E-state index contributed by atoms with van der Waals surface area (Å²) in [5.74, 6) is 0.399. The molecule has 0 aliphatic heterocycles. The lowest BCUT2D eigenvalue weighted by Crippen LogP contribution is -1.99. The minimum atomic E-state index is 0.399. The Balaban J connectivity index is 2.40. The highest BCUT2D eigenvalue weighted by molar-refractivity contribution is 9.10. The highest BCUT2D eigenvalue weighted by atomic mass is 79.9. The van der Waals surface area contributed by atoms with E-state index in [1.807, 2.05) is 18.2 Å². The van der Waals surface area contributed by atoms with Crippen molar-refractivity contribution < 1.29 is 0 Å². The third kappa shape index (κ3) is 2.55. The van der Waals surface area contributed by atoms with E-state index < -0.39 is 0 Å². The minimum Gasteiger partial charge on any atom is -0.382 e. The van der Waals surface area contributed by atoms with Gasteiger partial charge in [-0.25, -0.2) is 4.98 Å². The fraction of sp³-hybridized carbons (Fsp3) is 0. The van der Waals surface area contributed by atoms with Gasteiger partial charge in [-0.05, 0) is 30.3 Å². The molecule has 0 radical (unpaired) electrons. The molecule has 5 heteroatoms. The lowest BCUT2D eigenvalue weighted by atomic mass is 10.2. The molecule has 1 heterocycles. The molecular weight excluding hydrogens is 280 g/mol. The molecule has 0 amide bonds. The molecule has 84 valence electrons. The second-order valence-corrected chi connectivity index (χ2v) is 4.28. The quantitative estimate of drug-likeness (QED) is 0.891. The van der Waals surface area contributed by atoms with E-state index in [1.54, 1.807) is 18.3 Å². The molecule has 17 heavy (non-hydrogen) atoms. The monoisotopic (exact) mass is 288 g/mol. The van der Waals surface area contributed by atoms with Gasteiger partial charge in [0.1, 0.15) is 11.9 Å². The van der Waals surface area contributed by atoms with Crippen molar-refractivity contribution in [3.63, 3.8) is 0 Å². The normalized spacial score (nSPS) is 9.65. The lowest BCUT2D eigenvalue weighted by molar-refractivity contribution is 1.33. The second kappa shape index (κ2) is 4.85. The molecule has 0 saturated carbocycles. The van der Waals surface area contributed by atoms with Crippen LogP contribution in [0.2, 0.25) is 0 Å². The van der Waals surface area contributed by atoms with E-state index >= 15 is 0 Å². The van der Waals surface area contributed by atoms with Crippen LogP contribution in [0.1, 0.15) is 5.56 Å². The van der Waals surface area contributed by atoms with Crippen molar-refractivity contribution in [2.75, 3.05) is 11.1 Å². The lowest BCUT2D eigenvalue weighted by Gasteiger charge is -2.10. The summed E-state index contributed by atoms with van der Waals surface area (Å²) in [7, 11) is 0. The van der Waals surface area contributed by atoms with Crippen LogP contribution >= 0.6 is 15.9 Å². The maximum atomic E-state index is 9.00. The number of benzene rings is 1. The first kappa shape index (κ1) is 11.4. The van der Waals surface area contributed by atoms with Crippen molar-refractivity contribution in [1.82, 2.24) is 4.98 Å². The van der Waals surface area contributed by atoms with Crippen LogP contribution in [0, 0.1) is 11.3 Å². The predicted octanol–water partition coefficient (Wildman–Crippen LogP) is 3.04. The van der Waals surface area contributed by atoms with E-state index in [0.717, 1.165) is 4.47 Å². The Morgan fingerprint density at radius 1 is 1.29 bits per heavy atom. The number of halogens is 1. The van der Waals surface area contributed by atoms with E-state index in [4.69, 9.17) is 11.0 Å². The van der Waals surface area contributed by atoms with Crippen molar-refractivity contribution in [1.29, 1.82) is 5.26 Å². The summed E-state index contributed by atoms with van der Waals surface area (Å²) in [6, 6.07) is 11.1. The minimum absolute atomic E-state index is 0.399. The number of nitriles is 1. The summed E-state index contributed by atoms with van der Waals surface area (Å²) in [5, 5.41) is 12.1. The van der Waals surface area contributed by atoms with Gasteiger partial charge >= 0.3 is 0 Å². The molecule has 0 spiro atoms. The summed E-state index contributed by atoms with van der Waals surface area (Å²) < 4.78 is 0.890. The maximum absolute atomic E-state index is 9.00. The first-order valence-electron chi connectivity index (χ1n) is 4.88. The Kier molecular flexibility index (Phi) is 3.26. The highest BCUT2D eigenvalue weighted by Gasteiger charge is 2.05. The largest absolute Gasteiger partial charge is 0.382 e. The van der Waals surface area contributed by atoms with Crippen molar-refractivity contribution in [3.8, 4) is 6.07 Å². The number of hydrogen-bond donors (Lipinski definition) is 2. The number of pyridine rings is 1. The number of nitrogens with one attached hydrogen (secondary N) is 1. The van der Waals surface area contributed by atoms with E-state index in [2.05, 4.69) is 32.3 Å². The number of nitrogen functional groups attached to an aromatic ring is 1. The molecule has 0 bridgehead atoms. The summed E-state index contributed by atoms with van der Waals surface area (Å²) >= 11 is 3.36. The van der Waals surface area contributed by atoms with Gasteiger partial charge < -0.3 is 11.1 Å². The van der Waals surface area contributed by atoms with Crippen molar-refractivity contribution in [2.45, 2.75) is 0 Å². The SMILES string of the molecule is N#Cc1ccc(Br)cc1Nc1cccnc1N. The topological polar surface area (TPSA) is 74.7 Å². The maximum Gasteiger partial charge on any atom is 0.147 e. The highest BCUT2D eigenvalue weighted by Crippen LogP contribution is 2.26. The average Bonchev–Trinajstić information content (AvgIpc) is 2.32. The average molecular weight is 289 g/mol. The number of aromatic nitrogens is 1. The van der Waals surface area contributed by atoms with Gasteiger partial charge in [0, 0.05) is 10.7 Å². The van der Waals surface area contributed by atoms with Crippen molar-refractivity contribution in [2.24, 2.45) is 0 Å². The fourth-order valence-electron chi connectivity index (χ4n) is 1.39. The Hall–Kier alpha value is -2.06. The predicted molar refractivity (Wildman–Crippen MR) is 70.8 cm³/mol. The smallest absolute Gasteiger partial charge is 0.147 e. The number of anilines is 3. The molecule has 2 aromatic rings. The van der Waals surface area contributed by atoms with Crippen LogP contribution in [-0.4, -0.2) is 4.98 Å². The first-order chi connectivity index (χ1) is 8.20. The van der Waals surface area contributed by atoms with E-state index in [-0.39, 0.29) is 0 Å². The summed E-state index contributed by atoms with van der Waals surface area (Å²) in [5.41, 5.74) is 7.66. The van der Waals surface area contributed by atoms with Gasteiger partial charge in [-0.2, -0.15) is 5.26 Å². The first-order valence-corrected chi connectivity index (χ1v) is 5.67. The summed E-state index contributed by atoms with van der Waals surface area (Å²) in [4.78, 5) is 3.97. The van der Waals surface area contributed by atoms with Crippen LogP contribution in [-0.2, 0) is 0 Å². The number of rotatable bonds is 2. The fourth-order valence-corrected chi connectivity index (χ4v) is 1.75. The molecular formula is C12H9BrN4. The number of hydrogen-bond acceptors (Lipinski definition) is 4. The van der Waals surface area contributed by atoms with E-state index in [9.17, 15) is 0 Å². The van der Waals surface area contributed by atoms with Gasteiger partial charge in [0.05, 0.1) is 16.9 Å². The van der Waals surface area contributed by atoms with Crippen molar-refractivity contribution >= 4 is 33.1 Å². The summed E-state index contributed by atoms with van der Waals surface area (Å²) in [6.45, 7) is 0. The van der Waals surface area contributed by atoms with Crippen LogP contribution in [0.4, 0.5) is 17.2 Å². The third-order valence-electron chi connectivity index (χ3n) is 2.21. The second-order valence-electron chi connectivity index (χ2n) is 3.36. The molecule has 4 nitrogen and oxygen atoms in total. The number of nitrogens with two attached hydrogens (primary N) is 1. The Labute approximate surface area is 107 Å². The molecule has 2 rings (SSSR count). The van der Waals surface area contributed by atoms with Gasteiger partial charge in [0.15, 0.2) is 0 Å². The van der Waals surface area contributed by atoms with E-state index in [0.29, 0.717) is 22.8 Å². The molecule has 3 N–H and O–H groups in total. The standard InChI is InChI=1S/C12H9BrN4/c13-9-4-3-8(7-14)11(6-9)17-10-2-1-5-16-12(10)15/h1-6,17H,(H2,15,16). The molecule has 0 unspecified atom stereocenters.